The van der Waals surface area contributed by atoms with Crippen molar-refractivity contribution >= 4 is 6.09 Å². The van der Waals surface area contributed by atoms with Gasteiger partial charge >= 0.3 is 6.09 Å². The van der Waals surface area contributed by atoms with E-state index in [0.29, 0.717) is 0 Å². The Labute approximate surface area is 108 Å². The molecule has 1 fully saturated rings. The molecule has 1 atom stereocenters. The molecule has 1 saturated heterocycles. The van der Waals surface area contributed by atoms with Crippen molar-refractivity contribution in [2.45, 2.75) is 25.4 Å². The zero-order valence-corrected chi connectivity index (χ0v) is 10.5. The summed E-state index contributed by atoms with van der Waals surface area (Å²) >= 11 is 0. The van der Waals surface area contributed by atoms with Gasteiger partial charge in [0.05, 0.1) is 0 Å². The van der Waals surface area contributed by atoms with E-state index in [1.165, 1.54) is 5.56 Å². The van der Waals surface area contributed by atoms with E-state index < -0.39 is 6.09 Å². The van der Waals surface area contributed by atoms with E-state index >= 15 is 0 Å². The van der Waals surface area contributed by atoms with Gasteiger partial charge in [0, 0.05) is 13.1 Å². The summed E-state index contributed by atoms with van der Waals surface area (Å²) in [5.41, 5.74) is 6.40. The summed E-state index contributed by atoms with van der Waals surface area (Å²) in [7, 11) is 0. The lowest BCUT2D eigenvalue weighted by atomic mass is 10.1. The van der Waals surface area contributed by atoms with Crippen molar-refractivity contribution in [3.8, 4) is 0 Å². The molecule has 1 amide bonds. The van der Waals surface area contributed by atoms with Gasteiger partial charge < -0.3 is 10.5 Å². The van der Waals surface area contributed by atoms with E-state index in [0.717, 1.165) is 38.9 Å². The highest BCUT2D eigenvalue weighted by molar-refractivity contribution is 5.64. The number of ether oxygens (including phenoxy) is 1. The number of benzene rings is 1. The van der Waals surface area contributed by atoms with Crippen LogP contribution in [0.1, 0.15) is 18.4 Å². The van der Waals surface area contributed by atoms with Crippen LogP contribution in [0.4, 0.5) is 4.79 Å². The molecule has 0 radical (unpaired) electrons. The molecule has 0 bridgehead atoms. The van der Waals surface area contributed by atoms with Crippen LogP contribution < -0.4 is 5.73 Å². The molecular weight excluding hydrogens is 228 g/mol. The lowest BCUT2D eigenvalue weighted by molar-refractivity contribution is 0.0479. The number of likely N-dealkylation sites (tertiary alicyclic amines) is 1. The number of carbonyl (C=O) groups excluding carboxylic acids is 1. The average Bonchev–Trinajstić information content (AvgIpc) is 2.37. The van der Waals surface area contributed by atoms with Crippen LogP contribution in [-0.4, -0.2) is 36.7 Å². The first-order valence-corrected chi connectivity index (χ1v) is 6.46. The largest absolute Gasteiger partial charge is 0.445 e. The number of amides is 1. The molecule has 0 saturated carbocycles. The second kappa shape index (κ2) is 6.40. The Morgan fingerprint density at radius 2 is 2.17 bits per heavy atom. The standard InChI is InChI=1S/C14H20N2O2/c15-14(17)18-13-7-4-9-16(11-13)10-8-12-5-2-1-3-6-12/h1-3,5-6,13H,4,7-11H2,(H2,15,17)/t13-/m0/s1. The minimum absolute atomic E-state index is 0.0352. The Morgan fingerprint density at radius 3 is 2.89 bits per heavy atom. The van der Waals surface area contributed by atoms with Gasteiger partial charge in [-0.25, -0.2) is 4.79 Å². The quantitative estimate of drug-likeness (QED) is 0.883. The fourth-order valence-electron chi connectivity index (χ4n) is 2.41. The third kappa shape index (κ3) is 4.04. The third-order valence-corrected chi connectivity index (χ3v) is 3.30. The number of nitrogens with zero attached hydrogens (tertiary/aromatic N) is 1. The topological polar surface area (TPSA) is 55.6 Å². The first-order valence-electron chi connectivity index (χ1n) is 6.46. The third-order valence-electron chi connectivity index (χ3n) is 3.30. The van der Waals surface area contributed by atoms with Gasteiger partial charge in [-0.2, -0.15) is 0 Å². The van der Waals surface area contributed by atoms with Crippen LogP contribution >= 0.6 is 0 Å². The Bertz CT molecular complexity index is 381. The van der Waals surface area contributed by atoms with E-state index in [2.05, 4.69) is 29.2 Å². The van der Waals surface area contributed by atoms with Gasteiger partial charge in [-0.1, -0.05) is 30.3 Å². The van der Waals surface area contributed by atoms with Crippen LogP contribution in [0.3, 0.4) is 0 Å². The number of rotatable bonds is 4. The molecule has 1 aliphatic heterocycles. The van der Waals surface area contributed by atoms with E-state index in [1.807, 2.05) is 6.07 Å². The second-order valence-electron chi connectivity index (χ2n) is 4.74. The number of hydrogen-bond donors (Lipinski definition) is 1. The number of hydrogen-bond acceptors (Lipinski definition) is 3. The predicted octanol–water partition coefficient (Wildman–Crippen LogP) is 1.79. The van der Waals surface area contributed by atoms with Crippen molar-refractivity contribution in [1.82, 2.24) is 4.90 Å². The minimum Gasteiger partial charge on any atom is -0.445 e. The van der Waals surface area contributed by atoms with Crippen LogP contribution in [0.2, 0.25) is 0 Å². The molecule has 0 unspecified atom stereocenters. The zero-order valence-electron chi connectivity index (χ0n) is 10.5. The summed E-state index contributed by atoms with van der Waals surface area (Å²) in [5, 5.41) is 0. The Kier molecular flexibility index (Phi) is 4.59. The lowest BCUT2D eigenvalue weighted by Crippen LogP contribution is -2.42. The minimum atomic E-state index is -0.662. The van der Waals surface area contributed by atoms with E-state index in [1.54, 1.807) is 0 Å². The summed E-state index contributed by atoms with van der Waals surface area (Å²) in [6, 6.07) is 10.4. The molecule has 0 aromatic heterocycles. The number of carbonyl (C=O) groups is 1. The van der Waals surface area contributed by atoms with E-state index in [9.17, 15) is 4.79 Å². The van der Waals surface area contributed by atoms with Gasteiger partial charge in [0.25, 0.3) is 0 Å². The lowest BCUT2D eigenvalue weighted by Gasteiger charge is -2.31. The Hall–Kier alpha value is -1.55. The number of piperidine rings is 1. The highest BCUT2D eigenvalue weighted by atomic mass is 16.6. The van der Waals surface area contributed by atoms with Crippen LogP contribution in [0.15, 0.2) is 30.3 Å². The summed E-state index contributed by atoms with van der Waals surface area (Å²) in [6.45, 7) is 2.88. The van der Waals surface area contributed by atoms with Crippen LogP contribution in [0.5, 0.6) is 0 Å². The van der Waals surface area contributed by atoms with Gasteiger partial charge in [0.15, 0.2) is 0 Å². The maximum absolute atomic E-state index is 10.7. The molecule has 1 heterocycles. The summed E-state index contributed by atoms with van der Waals surface area (Å²) < 4.78 is 5.07. The molecule has 18 heavy (non-hydrogen) atoms. The summed E-state index contributed by atoms with van der Waals surface area (Å²) in [6.07, 6.45) is 2.32. The first kappa shape index (κ1) is 12.9. The number of nitrogens with two attached hydrogens (primary N) is 1. The fraction of sp³-hybridized carbons (Fsp3) is 0.500. The molecule has 1 aromatic rings. The van der Waals surface area contributed by atoms with Gasteiger partial charge in [-0.05, 0) is 31.4 Å². The molecule has 98 valence electrons. The van der Waals surface area contributed by atoms with Gasteiger partial charge in [-0.3, -0.25) is 4.90 Å². The molecule has 2 rings (SSSR count). The maximum atomic E-state index is 10.7. The predicted molar refractivity (Wildman–Crippen MR) is 70.3 cm³/mol. The molecule has 1 aromatic carbocycles. The van der Waals surface area contributed by atoms with Crippen LogP contribution in [0, 0.1) is 0 Å². The van der Waals surface area contributed by atoms with E-state index in [4.69, 9.17) is 10.5 Å². The van der Waals surface area contributed by atoms with Crippen molar-refractivity contribution in [3.05, 3.63) is 35.9 Å². The van der Waals surface area contributed by atoms with Crippen LogP contribution in [0.25, 0.3) is 0 Å². The molecule has 0 spiro atoms. The van der Waals surface area contributed by atoms with Gasteiger partial charge in [-0.15, -0.1) is 0 Å². The van der Waals surface area contributed by atoms with E-state index in [-0.39, 0.29) is 6.10 Å². The summed E-state index contributed by atoms with van der Waals surface area (Å²) in [4.78, 5) is 13.1. The van der Waals surface area contributed by atoms with Gasteiger partial charge in [0.1, 0.15) is 6.10 Å². The highest BCUT2D eigenvalue weighted by Crippen LogP contribution is 2.13. The molecule has 4 heteroatoms. The Morgan fingerprint density at radius 1 is 1.39 bits per heavy atom. The van der Waals surface area contributed by atoms with Crippen molar-refractivity contribution in [2.75, 3.05) is 19.6 Å². The Balaban J connectivity index is 1.77. The van der Waals surface area contributed by atoms with Crippen molar-refractivity contribution in [1.29, 1.82) is 0 Å². The maximum Gasteiger partial charge on any atom is 0.404 e. The van der Waals surface area contributed by atoms with Crippen molar-refractivity contribution < 1.29 is 9.53 Å². The average molecular weight is 248 g/mol. The normalized spacial score (nSPS) is 20.6. The van der Waals surface area contributed by atoms with Crippen molar-refractivity contribution in [2.24, 2.45) is 5.73 Å². The zero-order chi connectivity index (χ0) is 12.8. The summed E-state index contributed by atoms with van der Waals surface area (Å²) in [5.74, 6) is 0. The van der Waals surface area contributed by atoms with Gasteiger partial charge in [0.2, 0.25) is 0 Å². The smallest absolute Gasteiger partial charge is 0.404 e. The molecule has 2 N–H and O–H groups in total. The first-order chi connectivity index (χ1) is 8.74. The van der Waals surface area contributed by atoms with Crippen molar-refractivity contribution in [3.63, 3.8) is 0 Å². The van der Waals surface area contributed by atoms with Crippen LogP contribution in [-0.2, 0) is 11.2 Å². The molecule has 0 aliphatic carbocycles. The molecular formula is C14H20N2O2. The number of primary amides is 1. The fourth-order valence-corrected chi connectivity index (χ4v) is 2.41. The highest BCUT2D eigenvalue weighted by Gasteiger charge is 2.21. The second-order valence-corrected chi connectivity index (χ2v) is 4.74. The molecule has 4 nitrogen and oxygen atoms in total. The monoisotopic (exact) mass is 248 g/mol. The molecule has 1 aliphatic rings. The SMILES string of the molecule is NC(=O)O[C@H]1CCCN(CCc2ccccc2)C1.